The van der Waals surface area contributed by atoms with Crippen LogP contribution in [0.1, 0.15) is 37.3 Å². The quantitative estimate of drug-likeness (QED) is 0.542. The van der Waals surface area contributed by atoms with E-state index < -0.39 is 0 Å². The molecule has 1 atom stereocenters. The van der Waals surface area contributed by atoms with Crippen molar-refractivity contribution < 1.29 is 9.53 Å². The Morgan fingerprint density at radius 1 is 1.43 bits per heavy atom. The molecule has 2 aromatic rings. The van der Waals surface area contributed by atoms with E-state index in [1.807, 2.05) is 26.0 Å². The SMILES string of the molecule is CCCNc1nc2c(C)cccn2c(=O)c1/C=C1\SC(=S)N(CC2CCCO2)C1=O. The molecule has 4 rings (SSSR count). The topological polar surface area (TPSA) is 75.9 Å². The van der Waals surface area contributed by atoms with Crippen LogP contribution >= 0.6 is 24.0 Å². The van der Waals surface area contributed by atoms with E-state index in [1.165, 1.54) is 16.2 Å². The van der Waals surface area contributed by atoms with Gasteiger partial charge in [0.05, 0.1) is 23.1 Å². The molecule has 0 aliphatic carbocycles. The molecule has 0 aromatic carbocycles. The number of carbonyl (C=O) groups excluding carboxylic acids is 1. The second-order valence-corrected chi connectivity index (χ2v) is 9.09. The molecule has 1 N–H and O–H groups in total. The molecule has 2 saturated heterocycles. The average molecular weight is 445 g/mol. The molecular formula is C21H24N4O3S2. The van der Waals surface area contributed by atoms with Gasteiger partial charge in [-0.05, 0) is 43.9 Å². The number of carbonyl (C=O) groups is 1. The Bertz CT molecular complexity index is 1090. The van der Waals surface area contributed by atoms with Gasteiger partial charge in [0.1, 0.15) is 15.8 Å². The van der Waals surface area contributed by atoms with E-state index in [0.717, 1.165) is 31.4 Å². The van der Waals surface area contributed by atoms with Crippen molar-refractivity contribution in [1.82, 2.24) is 14.3 Å². The average Bonchev–Trinajstić information content (AvgIpc) is 3.33. The zero-order valence-electron chi connectivity index (χ0n) is 17.0. The number of rotatable bonds is 6. The number of amides is 1. The molecule has 7 nitrogen and oxygen atoms in total. The molecule has 2 aliphatic heterocycles. The molecule has 0 bridgehead atoms. The van der Waals surface area contributed by atoms with Crippen molar-refractivity contribution in [3.8, 4) is 0 Å². The molecule has 30 heavy (non-hydrogen) atoms. The predicted octanol–water partition coefficient (Wildman–Crippen LogP) is 3.21. The van der Waals surface area contributed by atoms with Crippen molar-refractivity contribution in [2.24, 2.45) is 0 Å². The molecule has 9 heteroatoms. The Morgan fingerprint density at radius 3 is 3.00 bits per heavy atom. The summed E-state index contributed by atoms with van der Waals surface area (Å²) in [5.41, 5.74) is 1.66. The maximum Gasteiger partial charge on any atom is 0.267 e. The number of ether oxygens (including phenoxy) is 1. The van der Waals surface area contributed by atoms with Crippen LogP contribution in [0.25, 0.3) is 11.7 Å². The number of aromatic nitrogens is 2. The molecule has 158 valence electrons. The van der Waals surface area contributed by atoms with Gasteiger partial charge in [0, 0.05) is 19.3 Å². The molecule has 2 aromatic heterocycles. The van der Waals surface area contributed by atoms with Gasteiger partial charge in [0.25, 0.3) is 11.5 Å². The van der Waals surface area contributed by atoms with Crippen LogP contribution < -0.4 is 10.9 Å². The van der Waals surface area contributed by atoms with E-state index in [1.54, 1.807) is 17.2 Å². The smallest absolute Gasteiger partial charge is 0.267 e. The highest BCUT2D eigenvalue weighted by Crippen LogP contribution is 2.34. The zero-order chi connectivity index (χ0) is 21.3. The number of nitrogens with one attached hydrogen (secondary N) is 1. The predicted molar refractivity (Wildman–Crippen MR) is 124 cm³/mol. The number of hydrogen-bond acceptors (Lipinski definition) is 7. The summed E-state index contributed by atoms with van der Waals surface area (Å²) in [6.07, 6.45) is 6.15. The second-order valence-electron chi connectivity index (χ2n) is 7.42. The van der Waals surface area contributed by atoms with Crippen molar-refractivity contribution in [3.63, 3.8) is 0 Å². The molecule has 1 amide bonds. The lowest BCUT2D eigenvalue weighted by atomic mass is 10.2. The van der Waals surface area contributed by atoms with Crippen LogP contribution in [-0.2, 0) is 9.53 Å². The molecule has 0 spiro atoms. The van der Waals surface area contributed by atoms with E-state index >= 15 is 0 Å². The summed E-state index contributed by atoms with van der Waals surface area (Å²) in [7, 11) is 0. The molecule has 2 aliphatic rings. The lowest BCUT2D eigenvalue weighted by molar-refractivity contribution is -0.123. The molecular weight excluding hydrogens is 420 g/mol. The fraction of sp³-hybridized carbons (Fsp3) is 0.429. The zero-order valence-corrected chi connectivity index (χ0v) is 18.6. The number of aryl methyl sites for hydroxylation is 1. The molecule has 1 unspecified atom stereocenters. The first kappa shape index (κ1) is 21.0. The minimum atomic E-state index is -0.216. The Kier molecular flexibility index (Phi) is 6.21. The van der Waals surface area contributed by atoms with Gasteiger partial charge in [-0.3, -0.25) is 18.9 Å². The lowest BCUT2D eigenvalue weighted by Gasteiger charge is -2.18. The van der Waals surface area contributed by atoms with Crippen molar-refractivity contribution in [3.05, 3.63) is 44.7 Å². The van der Waals surface area contributed by atoms with Gasteiger partial charge in [-0.1, -0.05) is 37.0 Å². The Balaban J connectivity index is 1.73. The van der Waals surface area contributed by atoms with E-state index in [4.69, 9.17) is 17.0 Å². The summed E-state index contributed by atoms with van der Waals surface area (Å²) >= 11 is 6.65. The van der Waals surface area contributed by atoms with Crippen molar-refractivity contribution in [1.29, 1.82) is 0 Å². The largest absolute Gasteiger partial charge is 0.376 e. The van der Waals surface area contributed by atoms with Gasteiger partial charge in [0.15, 0.2) is 0 Å². The van der Waals surface area contributed by atoms with Crippen LogP contribution in [0.2, 0.25) is 0 Å². The maximum absolute atomic E-state index is 13.3. The van der Waals surface area contributed by atoms with Crippen LogP contribution in [0.5, 0.6) is 0 Å². The number of anilines is 1. The molecule has 0 radical (unpaired) electrons. The van der Waals surface area contributed by atoms with E-state index in [2.05, 4.69) is 10.3 Å². The summed E-state index contributed by atoms with van der Waals surface area (Å²) in [5, 5.41) is 3.24. The highest BCUT2D eigenvalue weighted by molar-refractivity contribution is 8.26. The van der Waals surface area contributed by atoms with E-state index in [-0.39, 0.29) is 17.6 Å². The van der Waals surface area contributed by atoms with Crippen LogP contribution in [0.15, 0.2) is 28.0 Å². The Hall–Kier alpha value is -2.23. The van der Waals surface area contributed by atoms with Gasteiger partial charge in [0.2, 0.25) is 0 Å². The number of hydrogen-bond donors (Lipinski definition) is 1. The Morgan fingerprint density at radius 2 is 2.27 bits per heavy atom. The summed E-state index contributed by atoms with van der Waals surface area (Å²) in [6.45, 7) is 5.82. The van der Waals surface area contributed by atoms with Crippen molar-refractivity contribution in [2.45, 2.75) is 39.2 Å². The summed E-state index contributed by atoms with van der Waals surface area (Å²) < 4.78 is 7.67. The van der Waals surface area contributed by atoms with Crippen molar-refractivity contribution >= 4 is 51.7 Å². The molecule has 4 heterocycles. The first-order valence-electron chi connectivity index (χ1n) is 10.1. The first-order chi connectivity index (χ1) is 14.5. The van der Waals surface area contributed by atoms with Gasteiger partial charge < -0.3 is 10.1 Å². The summed E-state index contributed by atoms with van der Waals surface area (Å²) in [4.78, 5) is 33.0. The van der Waals surface area contributed by atoms with E-state index in [0.29, 0.717) is 39.3 Å². The number of nitrogens with zero attached hydrogens (tertiary/aromatic N) is 3. The van der Waals surface area contributed by atoms with Crippen LogP contribution in [0.4, 0.5) is 5.82 Å². The van der Waals surface area contributed by atoms with Crippen LogP contribution in [-0.4, -0.2) is 50.3 Å². The highest BCUT2D eigenvalue weighted by Gasteiger charge is 2.35. The summed E-state index contributed by atoms with van der Waals surface area (Å²) in [5.74, 6) is 0.302. The fourth-order valence-corrected chi connectivity index (χ4v) is 4.86. The normalized spacial score (nSPS) is 20.7. The second kappa shape index (κ2) is 8.87. The van der Waals surface area contributed by atoms with Crippen molar-refractivity contribution in [2.75, 3.05) is 25.0 Å². The maximum atomic E-state index is 13.3. The van der Waals surface area contributed by atoms with Crippen LogP contribution in [0, 0.1) is 6.92 Å². The highest BCUT2D eigenvalue weighted by atomic mass is 32.2. The van der Waals surface area contributed by atoms with Gasteiger partial charge in [-0.2, -0.15) is 0 Å². The van der Waals surface area contributed by atoms with Gasteiger partial charge >= 0.3 is 0 Å². The Labute approximate surface area is 184 Å². The third-order valence-electron chi connectivity index (χ3n) is 5.19. The lowest BCUT2D eigenvalue weighted by Crippen LogP contribution is -2.35. The molecule has 0 saturated carbocycles. The summed E-state index contributed by atoms with van der Waals surface area (Å²) in [6, 6.07) is 3.73. The number of thiocarbonyl (C=S) groups is 1. The first-order valence-corrected chi connectivity index (χ1v) is 11.3. The third-order valence-corrected chi connectivity index (χ3v) is 6.56. The minimum Gasteiger partial charge on any atom is -0.376 e. The van der Waals surface area contributed by atoms with Gasteiger partial charge in [-0.25, -0.2) is 4.98 Å². The van der Waals surface area contributed by atoms with E-state index in [9.17, 15) is 9.59 Å². The van der Waals surface area contributed by atoms with Crippen LogP contribution in [0.3, 0.4) is 0 Å². The minimum absolute atomic E-state index is 0.0181. The number of pyridine rings is 1. The monoisotopic (exact) mass is 444 g/mol. The third kappa shape index (κ3) is 4.01. The number of fused-ring (bicyclic) bond motifs is 1. The molecule has 2 fully saturated rings. The standard InChI is InChI=1S/C21H24N4O3S2/c1-3-8-22-17-15(19(26)24-9-4-6-13(2)18(24)23-17)11-16-20(27)25(21(29)30-16)12-14-7-5-10-28-14/h4,6,9,11,14,22H,3,5,7-8,10,12H2,1-2H3/b16-11-. The number of thioether (sulfide) groups is 1. The fourth-order valence-electron chi connectivity index (χ4n) is 3.60. The van der Waals surface area contributed by atoms with Gasteiger partial charge in [-0.15, -0.1) is 0 Å².